The predicted octanol–water partition coefficient (Wildman–Crippen LogP) is 14.6. The van der Waals surface area contributed by atoms with Crippen LogP contribution in [0.2, 0.25) is 0 Å². The SMILES string of the molecule is CCCCC/C=C\C/C=C\CCCCCCCC(=O)OCCCCCCCCCCCCCCCCCCCCCCC. The Kier molecular flexibility index (Phi) is 38.0. The molecule has 0 aliphatic carbocycles. The van der Waals surface area contributed by atoms with Crippen molar-refractivity contribution in [2.24, 2.45) is 0 Å². The molecule has 0 rings (SSSR count). The minimum absolute atomic E-state index is 0.0128. The van der Waals surface area contributed by atoms with Crippen molar-refractivity contribution >= 4 is 5.97 Å². The van der Waals surface area contributed by atoms with Crippen molar-refractivity contribution in [1.82, 2.24) is 0 Å². The Labute approximate surface area is 271 Å². The number of carbonyl (C=O) groups excluding carboxylic acids is 1. The highest BCUT2D eigenvalue weighted by Crippen LogP contribution is 2.15. The summed E-state index contributed by atoms with van der Waals surface area (Å²) in [5.41, 5.74) is 0. The van der Waals surface area contributed by atoms with Crippen molar-refractivity contribution in [2.75, 3.05) is 6.61 Å². The van der Waals surface area contributed by atoms with Crippen LogP contribution < -0.4 is 0 Å². The number of carbonyl (C=O) groups is 1. The van der Waals surface area contributed by atoms with Gasteiger partial charge in [-0.1, -0.05) is 199 Å². The molecule has 0 aliphatic rings. The topological polar surface area (TPSA) is 26.3 Å². The molecule has 0 aromatic carbocycles. The Morgan fingerprint density at radius 1 is 0.395 bits per heavy atom. The smallest absolute Gasteiger partial charge is 0.305 e. The van der Waals surface area contributed by atoms with Gasteiger partial charge in [0.2, 0.25) is 0 Å². The molecule has 0 bridgehead atoms. The van der Waals surface area contributed by atoms with Crippen LogP contribution in [0, 0.1) is 0 Å². The van der Waals surface area contributed by atoms with Crippen molar-refractivity contribution in [3.05, 3.63) is 24.3 Å². The van der Waals surface area contributed by atoms with Crippen molar-refractivity contribution in [3.63, 3.8) is 0 Å². The summed E-state index contributed by atoms with van der Waals surface area (Å²) in [5.74, 6) is 0.0128. The Bertz CT molecular complexity index is 578. The van der Waals surface area contributed by atoms with Crippen molar-refractivity contribution in [1.29, 1.82) is 0 Å². The fraction of sp³-hybridized carbons (Fsp3) is 0.878. The highest BCUT2D eigenvalue weighted by atomic mass is 16.5. The van der Waals surface area contributed by atoms with Crippen LogP contribution in [0.3, 0.4) is 0 Å². The van der Waals surface area contributed by atoms with E-state index >= 15 is 0 Å². The first-order chi connectivity index (χ1) is 21.3. The van der Waals surface area contributed by atoms with Gasteiger partial charge in [-0.25, -0.2) is 0 Å². The van der Waals surface area contributed by atoms with Gasteiger partial charge in [0.1, 0.15) is 0 Å². The molecule has 0 unspecified atom stereocenters. The first kappa shape index (κ1) is 42.0. The van der Waals surface area contributed by atoms with Crippen LogP contribution in [0.5, 0.6) is 0 Å². The van der Waals surface area contributed by atoms with E-state index in [1.165, 1.54) is 180 Å². The number of hydrogen-bond acceptors (Lipinski definition) is 2. The van der Waals surface area contributed by atoms with Crippen LogP contribution in [0.15, 0.2) is 24.3 Å². The minimum Gasteiger partial charge on any atom is -0.466 e. The first-order valence-corrected chi connectivity index (χ1v) is 19.8. The van der Waals surface area contributed by atoms with Gasteiger partial charge in [0, 0.05) is 6.42 Å². The molecule has 43 heavy (non-hydrogen) atoms. The zero-order valence-corrected chi connectivity index (χ0v) is 29.7. The normalized spacial score (nSPS) is 11.8. The van der Waals surface area contributed by atoms with Crippen LogP contribution in [0.4, 0.5) is 0 Å². The molecule has 0 atom stereocenters. The average Bonchev–Trinajstić information content (AvgIpc) is 3.01. The molecule has 0 amide bonds. The maximum Gasteiger partial charge on any atom is 0.305 e. The Morgan fingerprint density at radius 3 is 1.16 bits per heavy atom. The van der Waals surface area contributed by atoms with Gasteiger partial charge < -0.3 is 4.74 Å². The lowest BCUT2D eigenvalue weighted by atomic mass is 10.0. The number of hydrogen-bond donors (Lipinski definition) is 0. The molecule has 0 fully saturated rings. The number of allylic oxidation sites excluding steroid dienone is 4. The van der Waals surface area contributed by atoms with Crippen LogP contribution in [-0.2, 0) is 9.53 Å². The molecule has 0 saturated heterocycles. The first-order valence-electron chi connectivity index (χ1n) is 19.8. The maximum atomic E-state index is 11.9. The van der Waals surface area contributed by atoms with Crippen molar-refractivity contribution in [3.8, 4) is 0 Å². The molecular formula is C41H78O2. The second kappa shape index (κ2) is 39.0. The summed E-state index contributed by atoms with van der Waals surface area (Å²) in [7, 11) is 0. The molecule has 0 aromatic rings. The van der Waals surface area contributed by atoms with Gasteiger partial charge in [0.05, 0.1) is 6.61 Å². The van der Waals surface area contributed by atoms with Gasteiger partial charge >= 0.3 is 5.97 Å². The Balaban J connectivity index is 3.19. The second-order valence-electron chi connectivity index (χ2n) is 13.3. The monoisotopic (exact) mass is 603 g/mol. The Hall–Kier alpha value is -1.05. The molecule has 0 N–H and O–H groups in total. The molecule has 254 valence electrons. The number of unbranched alkanes of at least 4 members (excludes halogenated alkanes) is 28. The third kappa shape index (κ3) is 38.9. The van der Waals surface area contributed by atoms with E-state index in [1.54, 1.807) is 0 Å². The molecule has 2 heteroatoms. The summed E-state index contributed by atoms with van der Waals surface area (Å²) in [6.07, 6.45) is 52.6. The van der Waals surface area contributed by atoms with Crippen molar-refractivity contribution < 1.29 is 9.53 Å². The second-order valence-corrected chi connectivity index (χ2v) is 13.3. The Morgan fingerprint density at radius 2 is 0.721 bits per heavy atom. The van der Waals surface area contributed by atoms with Gasteiger partial charge in [-0.3, -0.25) is 4.79 Å². The lowest BCUT2D eigenvalue weighted by molar-refractivity contribution is -0.143. The molecule has 2 nitrogen and oxygen atoms in total. The van der Waals surface area contributed by atoms with Gasteiger partial charge in [-0.05, 0) is 44.9 Å². The zero-order chi connectivity index (χ0) is 31.2. The van der Waals surface area contributed by atoms with Gasteiger partial charge in [-0.2, -0.15) is 0 Å². The summed E-state index contributed by atoms with van der Waals surface area (Å²) >= 11 is 0. The third-order valence-electron chi connectivity index (χ3n) is 8.84. The van der Waals surface area contributed by atoms with E-state index < -0.39 is 0 Å². The van der Waals surface area contributed by atoms with E-state index in [-0.39, 0.29) is 5.97 Å². The van der Waals surface area contributed by atoms with E-state index in [1.807, 2.05) is 0 Å². The third-order valence-corrected chi connectivity index (χ3v) is 8.84. The van der Waals surface area contributed by atoms with E-state index in [0.29, 0.717) is 13.0 Å². The number of ether oxygens (including phenoxy) is 1. The highest BCUT2D eigenvalue weighted by Gasteiger charge is 2.02. The van der Waals surface area contributed by atoms with Crippen LogP contribution in [0.1, 0.15) is 226 Å². The molecule has 0 spiro atoms. The minimum atomic E-state index is 0.0128. The average molecular weight is 603 g/mol. The van der Waals surface area contributed by atoms with Gasteiger partial charge in [0.15, 0.2) is 0 Å². The van der Waals surface area contributed by atoms with E-state index in [2.05, 4.69) is 38.2 Å². The molecule has 0 aliphatic heterocycles. The standard InChI is InChI=1S/C41H78O2/c1-3-5-7-9-11-13-15-17-19-20-21-22-23-24-26-28-30-32-34-36-38-40-43-41(42)39-37-35-33-31-29-27-25-18-16-14-12-10-8-6-4-2/h12,14,18,25H,3-11,13,15-17,19-24,26-40H2,1-2H3/b14-12-,25-18-. The van der Waals surface area contributed by atoms with E-state index in [0.717, 1.165) is 25.7 Å². The molecule has 0 saturated carbocycles. The summed E-state index contributed by atoms with van der Waals surface area (Å²) < 4.78 is 5.45. The summed E-state index contributed by atoms with van der Waals surface area (Å²) in [4.78, 5) is 11.9. The van der Waals surface area contributed by atoms with Crippen LogP contribution >= 0.6 is 0 Å². The summed E-state index contributed by atoms with van der Waals surface area (Å²) in [6.45, 7) is 5.18. The highest BCUT2D eigenvalue weighted by molar-refractivity contribution is 5.69. The molecule has 0 aromatic heterocycles. The van der Waals surface area contributed by atoms with Gasteiger partial charge in [-0.15, -0.1) is 0 Å². The molecule has 0 heterocycles. The summed E-state index contributed by atoms with van der Waals surface area (Å²) in [6, 6.07) is 0. The quantitative estimate of drug-likeness (QED) is 0.0405. The van der Waals surface area contributed by atoms with Crippen LogP contribution in [0.25, 0.3) is 0 Å². The van der Waals surface area contributed by atoms with Gasteiger partial charge in [0.25, 0.3) is 0 Å². The molecule has 0 radical (unpaired) electrons. The molecular weight excluding hydrogens is 524 g/mol. The number of rotatable bonds is 36. The van der Waals surface area contributed by atoms with E-state index in [9.17, 15) is 4.79 Å². The number of esters is 1. The fourth-order valence-corrected chi connectivity index (χ4v) is 5.87. The maximum absolute atomic E-state index is 11.9. The van der Waals surface area contributed by atoms with Crippen molar-refractivity contribution in [2.45, 2.75) is 226 Å². The lowest BCUT2D eigenvalue weighted by Gasteiger charge is -2.06. The lowest BCUT2D eigenvalue weighted by Crippen LogP contribution is -2.05. The van der Waals surface area contributed by atoms with Crippen LogP contribution in [-0.4, -0.2) is 12.6 Å². The predicted molar refractivity (Wildman–Crippen MR) is 193 cm³/mol. The summed E-state index contributed by atoms with van der Waals surface area (Å²) in [5, 5.41) is 0. The largest absolute Gasteiger partial charge is 0.466 e. The zero-order valence-electron chi connectivity index (χ0n) is 29.7. The fourth-order valence-electron chi connectivity index (χ4n) is 5.87. The van der Waals surface area contributed by atoms with E-state index in [4.69, 9.17) is 4.74 Å².